The van der Waals surface area contributed by atoms with Crippen molar-refractivity contribution in [2.75, 3.05) is 0 Å². The summed E-state index contributed by atoms with van der Waals surface area (Å²) < 4.78 is 0. The van der Waals surface area contributed by atoms with Gasteiger partial charge in [0.25, 0.3) is 0 Å². The van der Waals surface area contributed by atoms with E-state index in [-0.39, 0.29) is 0 Å². The van der Waals surface area contributed by atoms with Gasteiger partial charge in [0.1, 0.15) is 0 Å². The van der Waals surface area contributed by atoms with Crippen molar-refractivity contribution in [2.45, 2.75) is 48.0 Å². The van der Waals surface area contributed by atoms with Crippen LogP contribution in [0.2, 0.25) is 0 Å². The Balaban J connectivity index is 4.92. The molecule has 0 aliphatic carbocycles. The van der Waals surface area contributed by atoms with E-state index in [4.69, 9.17) is 0 Å². The summed E-state index contributed by atoms with van der Waals surface area (Å²) in [7, 11) is 1.38. The fourth-order valence-electron chi connectivity index (χ4n) is 1.24. The van der Waals surface area contributed by atoms with Gasteiger partial charge in [0.2, 0.25) is 0 Å². The third kappa shape index (κ3) is 3.54. The quantitative estimate of drug-likeness (QED) is 0.555. The second-order valence-electron chi connectivity index (χ2n) is 4.12. The van der Waals surface area contributed by atoms with Crippen LogP contribution in [0.3, 0.4) is 0 Å². The Hall–Kier alpha value is -0.0900. The van der Waals surface area contributed by atoms with Gasteiger partial charge in [-0.1, -0.05) is 47.3 Å². The van der Waals surface area contributed by atoms with E-state index in [1.165, 1.54) is 14.6 Å². The molecule has 0 aromatic heterocycles. The lowest BCUT2D eigenvalue weighted by Crippen LogP contribution is -2.06. The Labute approximate surface area is 78.9 Å². The largest absolute Gasteiger partial charge is 0.0771 e. The molecule has 0 saturated carbocycles. The van der Waals surface area contributed by atoms with Gasteiger partial charge in [-0.05, 0) is 31.0 Å². The smallest absolute Gasteiger partial charge is 0.00891 e. The number of rotatable bonds is 2. The first-order valence-electron chi connectivity index (χ1n) is 4.62. The van der Waals surface area contributed by atoms with Crippen molar-refractivity contribution in [1.82, 2.24) is 0 Å². The van der Waals surface area contributed by atoms with Crippen molar-refractivity contribution >= 4 is 14.0 Å². The van der Waals surface area contributed by atoms with Gasteiger partial charge in [0.05, 0.1) is 0 Å². The molecule has 0 aliphatic rings. The van der Waals surface area contributed by atoms with E-state index in [1.807, 2.05) is 0 Å². The van der Waals surface area contributed by atoms with Gasteiger partial charge in [-0.15, -0.1) is 0 Å². The number of hydrogen-bond acceptors (Lipinski definition) is 0. The summed E-state index contributed by atoms with van der Waals surface area (Å²) in [5.74, 6) is 2.22. The summed E-state index contributed by atoms with van der Waals surface area (Å²) >= 11 is 0. The van der Waals surface area contributed by atoms with Gasteiger partial charge in [-0.2, -0.15) is 0 Å². The lowest BCUT2D eigenvalue weighted by atomic mass is 9.92. The van der Waals surface area contributed by atoms with E-state index in [2.05, 4.69) is 47.3 Å². The molecule has 1 heteroatoms. The second kappa shape index (κ2) is 4.82. The van der Waals surface area contributed by atoms with Crippen molar-refractivity contribution in [1.29, 1.82) is 0 Å². The SMILES string of the molecule is CC=P/C(=C(/C)CC)C(C)(C)C. The molecular formula is C11H21P. The summed E-state index contributed by atoms with van der Waals surface area (Å²) in [6.45, 7) is 13.5. The van der Waals surface area contributed by atoms with Crippen LogP contribution in [0.4, 0.5) is 0 Å². The molecule has 70 valence electrons. The highest BCUT2D eigenvalue weighted by molar-refractivity contribution is 7.43. The van der Waals surface area contributed by atoms with E-state index in [1.54, 1.807) is 10.9 Å². The number of hydrogen-bond donors (Lipinski definition) is 0. The van der Waals surface area contributed by atoms with Crippen LogP contribution < -0.4 is 0 Å². The van der Waals surface area contributed by atoms with Gasteiger partial charge < -0.3 is 0 Å². The van der Waals surface area contributed by atoms with Gasteiger partial charge in [0, 0.05) is 0 Å². The molecule has 0 radical (unpaired) electrons. The maximum absolute atomic E-state index is 2.29. The summed E-state index contributed by atoms with van der Waals surface area (Å²) in [5.41, 5.74) is 1.87. The Bertz CT molecular complexity index is 192. The third-order valence-electron chi connectivity index (χ3n) is 1.90. The Kier molecular flexibility index (Phi) is 4.78. The molecule has 0 nitrogen and oxygen atoms in total. The first-order valence-corrected chi connectivity index (χ1v) is 5.58. The van der Waals surface area contributed by atoms with Crippen LogP contribution in [0.5, 0.6) is 0 Å². The molecule has 0 aliphatic heterocycles. The average molecular weight is 184 g/mol. The highest BCUT2D eigenvalue weighted by Crippen LogP contribution is 2.37. The van der Waals surface area contributed by atoms with Crippen LogP contribution in [0.15, 0.2) is 10.9 Å². The molecular weight excluding hydrogens is 163 g/mol. The molecule has 12 heavy (non-hydrogen) atoms. The molecule has 0 rings (SSSR count). The molecule has 0 bridgehead atoms. The molecule has 0 aromatic rings. The van der Waals surface area contributed by atoms with Crippen molar-refractivity contribution in [3.63, 3.8) is 0 Å². The highest BCUT2D eigenvalue weighted by Gasteiger charge is 2.16. The fraction of sp³-hybridized carbons (Fsp3) is 0.727. The van der Waals surface area contributed by atoms with Crippen LogP contribution in [0, 0.1) is 5.41 Å². The molecule has 0 fully saturated rings. The molecule has 0 spiro atoms. The second-order valence-corrected chi connectivity index (χ2v) is 5.34. The Morgan fingerprint density at radius 1 is 1.33 bits per heavy atom. The van der Waals surface area contributed by atoms with Gasteiger partial charge in [0.15, 0.2) is 0 Å². The molecule has 0 heterocycles. The predicted octanol–water partition coefficient (Wildman–Crippen LogP) is 4.48. The van der Waals surface area contributed by atoms with Crippen LogP contribution in [0.25, 0.3) is 0 Å². The summed E-state index contributed by atoms with van der Waals surface area (Å²) in [4.78, 5) is 0. The lowest BCUT2D eigenvalue weighted by molar-refractivity contribution is 0.526. The van der Waals surface area contributed by atoms with Crippen LogP contribution in [0.1, 0.15) is 48.0 Å². The maximum atomic E-state index is 2.29. The molecule has 0 saturated heterocycles. The molecule has 0 atom stereocenters. The molecule has 0 aromatic carbocycles. The maximum Gasteiger partial charge on any atom is -0.00891 e. The summed E-state index contributed by atoms with van der Waals surface area (Å²) in [6, 6.07) is 0. The average Bonchev–Trinajstić information content (AvgIpc) is 1.96. The standard InChI is InChI=1S/C11H21P/c1-7-9(3)10(12-8-2)11(4,5)6/h8H,7H2,1-6H3/b10-9-. The molecule has 0 unspecified atom stereocenters. The lowest BCUT2D eigenvalue weighted by Gasteiger charge is -2.22. The van der Waals surface area contributed by atoms with Crippen LogP contribution >= 0.6 is 8.20 Å². The minimum atomic E-state index is 0.328. The highest BCUT2D eigenvalue weighted by atomic mass is 31.1. The van der Waals surface area contributed by atoms with Crippen molar-refractivity contribution in [2.24, 2.45) is 5.41 Å². The van der Waals surface area contributed by atoms with E-state index < -0.39 is 0 Å². The summed E-state index contributed by atoms with van der Waals surface area (Å²) in [6.07, 6.45) is 1.17. The topological polar surface area (TPSA) is 0 Å². The van der Waals surface area contributed by atoms with Crippen LogP contribution in [-0.4, -0.2) is 5.80 Å². The monoisotopic (exact) mass is 184 g/mol. The van der Waals surface area contributed by atoms with Crippen molar-refractivity contribution in [3.8, 4) is 0 Å². The third-order valence-corrected chi connectivity index (χ3v) is 3.47. The van der Waals surface area contributed by atoms with E-state index in [9.17, 15) is 0 Å². The van der Waals surface area contributed by atoms with E-state index >= 15 is 0 Å². The first kappa shape index (κ1) is 11.9. The predicted molar refractivity (Wildman–Crippen MR) is 61.1 cm³/mol. The Morgan fingerprint density at radius 3 is 2.08 bits per heavy atom. The zero-order chi connectivity index (χ0) is 9.78. The normalized spacial score (nSPS) is 15.2. The first-order chi connectivity index (χ1) is 5.43. The van der Waals surface area contributed by atoms with Crippen molar-refractivity contribution in [3.05, 3.63) is 10.9 Å². The fourth-order valence-corrected chi connectivity index (χ4v) is 2.26. The van der Waals surface area contributed by atoms with Gasteiger partial charge in [-0.25, -0.2) is 0 Å². The van der Waals surface area contributed by atoms with E-state index in [0.717, 1.165) is 0 Å². The molecule has 0 amide bonds. The zero-order valence-electron chi connectivity index (χ0n) is 9.23. The zero-order valence-corrected chi connectivity index (χ0v) is 10.1. The minimum absolute atomic E-state index is 0.328. The number of allylic oxidation sites excluding steroid dienone is 2. The van der Waals surface area contributed by atoms with Crippen molar-refractivity contribution < 1.29 is 0 Å². The Morgan fingerprint density at radius 2 is 1.83 bits per heavy atom. The molecule has 0 N–H and O–H groups in total. The van der Waals surface area contributed by atoms with E-state index in [0.29, 0.717) is 5.41 Å². The summed E-state index contributed by atoms with van der Waals surface area (Å²) in [5, 5.41) is 1.58. The van der Waals surface area contributed by atoms with Gasteiger partial charge in [-0.3, -0.25) is 0 Å². The van der Waals surface area contributed by atoms with Gasteiger partial charge >= 0.3 is 0 Å². The van der Waals surface area contributed by atoms with Crippen LogP contribution in [-0.2, 0) is 0 Å². The minimum Gasteiger partial charge on any atom is -0.0771 e.